The molecule has 0 atom stereocenters. The van der Waals surface area contributed by atoms with Crippen LogP contribution >= 0.6 is 0 Å². The second kappa shape index (κ2) is 3.05. The van der Waals surface area contributed by atoms with Gasteiger partial charge in [0.25, 0.3) is 0 Å². The lowest BCUT2D eigenvalue weighted by molar-refractivity contribution is 0.0689. The van der Waals surface area contributed by atoms with Gasteiger partial charge in [0.2, 0.25) is 0 Å². The van der Waals surface area contributed by atoms with Gasteiger partial charge in [-0.05, 0) is 31.6 Å². The van der Waals surface area contributed by atoms with Gasteiger partial charge in [-0.15, -0.1) is 5.10 Å². The molecule has 1 aromatic rings. The molecule has 0 saturated heterocycles. The Kier molecular flexibility index (Phi) is 1.81. The highest BCUT2D eigenvalue weighted by Gasteiger charge is 2.35. The number of hydrogen-bond acceptors (Lipinski definition) is 3. The van der Waals surface area contributed by atoms with Gasteiger partial charge in [0.15, 0.2) is 5.69 Å². The zero-order chi connectivity index (χ0) is 10.4. The largest absolute Gasteiger partial charge is 0.476 e. The molecule has 0 spiro atoms. The summed E-state index contributed by atoms with van der Waals surface area (Å²) in [7, 11) is 0. The fraction of sp³-hybridized carbons (Fsp3) is 0.700. The first-order chi connectivity index (χ1) is 7.25. The highest BCUT2D eigenvalue weighted by molar-refractivity contribution is 5.86. The van der Waals surface area contributed by atoms with Crippen molar-refractivity contribution in [2.75, 3.05) is 0 Å². The highest BCUT2D eigenvalue weighted by atomic mass is 16.4. The van der Waals surface area contributed by atoms with Crippen molar-refractivity contribution in [3.63, 3.8) is 0 Å². The van der Waals surface area contributed by atoms with Crippen molar-refractivity contribution in [3.05, 3.63) is 11.4 Å². The summed E-state index contributed by atoms with van der Waals surface area (Å²) in [6, 6.07) is 0. The average molecular weight is 207 g/mol. The first kappa shape index (κ1) is 8.88. The number of rotatable bonds is 4. The number of aromatic carboxylic acids is 1. The molecule has 5 nitrogen and oxygen atoms in total. The van der Waals surface area contributed by atoms with Gasteiger partial charge in [-0.3, -0.25) is 0 Å². The fourth-order valence-electron chi connectivity index (χ4n) is 1.91. The van der Waals surface area contributed by atoms with Crippen molar-refractivity contribution in [2.45, 2.75) is 38.1 Å². The second-order valence-electron chi connectivity index (χ2n) is 4.53. The van der Waals surface area contributed by atoms with E-state index in [4.69, 9.17) is 5.11 Å². The van der Waals surface area contributed by atoms with Crippen LogP contribution in [0.1, 0.15) is 47.8 Å². The van der Waals surface area contributed by atoms with Gasteiger partial charge < -0.3 is 5.11 Å². The van der Waals surface area contributed by atoms with E-state index in [1.807, 2.05) is 4.68 Å². The minimum absolute atomic E-state index is 0.165. The Labute approximate surface area is 87.1 Å². The summed E-state index contributed by atoms with van der Waals surface area (Å²) in [6.45, 7) is 0.853. The molecule has 0 radical (unpaired) electrons. The van der Waals surface area contributed by atoms with E-state index in [2.05, 4.69) is 10.3 Å². The van der Waals surface area contributed by atoms with Crippen molar-refractivity contribution in [1.29, 1.82) is 0 Å². The SMILES string of the molecule is O=C(O)c1nnn(CC2CC2)c1C1CC1. The number of nitrogens with zero attached hydrogens (tertiary/aromatic N) is 3. The van der Waals surface area contributed by atoms with E-state index in [-0.39, 0.29) is 5.69 Å². The van der Waals surface area contributed by atoms with E-state index in [1.54, 1.807) is 0 Å². The predicted octanol–water partition coefficient (Wildman–Crippen LogP) is 1.26. The number of carboxylic acids is 1. The number of aromatic nitrogens is 3. The van der Waals surface area contributed by atoms with E-state index in [9.17, 15) is 4.79 Å². The molecule has 15 heavy (non-hydrogen) atoms. The van der Waals surface area contributed by atoms with Crippen molar-refractivity contribution in [2.24, 2.45) is 5.92 Å². The molecule has 1 aromatic heterocycles. The van der Waals surface area contributed by atoms with Crippen LogP contribution in [0.4, 0.5) is 0 Å². The lowest BCUT2D eigenvalue weighted by Gasteiger charge is -2.03. The molecule has 2 fully saturated rings. The van der Waals surface area contributed by atoms with E-state index < -0.39 is 5.97 Å². The minimum Gasteiger partial charge on any atom is -0.476 e. The van der Waals surface area contributed by atoms with E-state index in [1.165, 1.54) is 12.8 Å². The molecule has 5 heteroatoms. The third-order valence-electron chi connectivity index (χ3n) is 3.07. The fourth-order valence-corrected chi connectivity index (χ4v) is 1.91. The first-order valence-corrected chi connectivity index (χ1v) is 5.42. The maximum absolute atomic E-state index is 11.0. The normalized spacial score (nSPS) is 20.5. The van der Waals surface area contributed by atoms with Crippen LogP contribution in [0.2, 0.25) is 0 Å². The smallest absolute Gasteiger partial charge is 0.358 e. The predicted molar refractivity (Wildman–Crippen MR) is 51.7 cm³/mol. The third-order valence-corrected chi connectivity index (χ3v) is 3.07. The number of hydrogen-bond donors (Lipinski definition) is 1. The van der Waals surface area contributed by atoms with Crippen LogP contribution in [0.5, 0.6) is 0 Å². The molecule has 2 aliphatic carbocycles. The van der Waals surface area contributed by atoms with Gasteiger partial charge in [0.1, 0.15) is 0 Å². The molecule has 0 bridgehead atoms. The molecule has 0 amide bonds. The molecular weight excluding hydrogens is 194 g/mol. The Balaban J connectivity index is 1.93. The van der Waals surface area contributed by atoms with Crippen molar-refractivity contribution < 1.29 is 9.90 Å². The number of carboxylic acid groups (broad SMARTS) is 1. The monoisotopic (exact) mass is 207 g/mol. The lowest BCUT2D eigenvalue weighted by Crippen LogP contribution is -2.08. The van der Waals surface area contributed by atoms with Crippen LogP contribution in [0, 0.1) is 5.92 Å². The zero-order valence-electron chi connectivity index (χ0n) is 8.39. The molecule has 1 N–H and O–H groups in total. The summed E-state index contributed by atoms with van der Waals surface area (Å²) >= 11 is 0. The molecule has 3 rings (SSSR count). The first-order valence-electron chi connectivity index (χ1n) is 5.42. The summed E-state index contributed by atoms with van der Waals surface area (Å²) in [5.74, 6) is 0.148. The van der Waals surface area contributed by atoms with Gasteiger partial charge >= 0.3 is 5.97 Å². The maximum Gasteiger partial charge on any atom is 0.358 e. The molecule has 0 aliphatic heterocycles. The summed E-state index contributed by atoms with van der Waals surface area (Å²) in [4.78, 5) is 11.0. The highest BCUT2D eigenvalue weighted by Crippen LogP contribution is 2.42. The van der Waals surface area contributed by atoms with Crippen LogP contribution < -0.4 is 0 Å². The standard InChI is InChI=1S/C10H13N3O2/c14-10(15)8-9(7-3-4-7)13(12-11-8)5-6-1-2-6/h6-7H,1-5H2,(H,14,15). The second-order valence-corrected chi connectivity index (χ2v) is 4.53. The molecule has 2 aliphatic rings. The Morgan fingerprint density at radius 3 is 2.67 bits per heavy atom. The Hall–Kier alpha value is -1.39. The van der Waals surface area contributed by atoms with Crippen molar-refractivity contribution in [3.8, 4) is 0 Å². The van der Waals surface area contributed by atoms with Gasteiger partial charge in [-0.2, -0.15) is 0 Å². The zero-order valence-corrected chi connectivity index (χ0v) is 8.39. The summed E-state index contributed by atoms with van der Waals surface area (Å²) in [6.07, 6.45) is 4.65. The molecule has 80 valence electrons. The quantitative estimate of drug-likeness (QED) is 0.807. The van der Waals surface area contributed by atoms with Crippen molar-refractivity contribution >= 4 is 5.97 Å². The lowest BCUT2D eigenvalue weighted by atomic mass is 10.2. The van der Waals surface area contributed by atoms with Crippen LogP contribution in [0.15, 0.2) is 0 Å². The molecule has 2 saturated carbocycles. The van der Waals surface area contributed by atoms with Crippen LogP contribution in [0.3, 0.4) is 0 Å². The van der Waals surface area contributed by atoms with Crippen molar-refractivity contribution in [1.82, 2.24) is 15.0 Å². The Bertz CT molecular complexity index is 405. The topological polar surface area (TPSA) is 68.0 Å². The Morgan fingerprint density at radius 2 is 2.13 bits per heavy atom. The average Bonchev–Trinajstić information content (AvgIpc) is 3.06. The van der Waals surface area contributed by atoms with Crippen LogP contribution in [-0.2, 0) is 6.54 Å². The van der Waals surface area contributed by atoms with Crippen LogP contribution in [0.25, 0.3) is 0 Å². The Morgan fingerprint density at radius 1 is 1.40 bits per heavy atom. The number of carbonyl (C=O) groups is 1. The van der Waals surface area contributed by atoms with E-state index in [0.717, 1.165) is 25.1 Å². The molecular formula is C10H13N3O2. The maximum atomic E-state index is 11.0. The van der Waals surface area contributed by atoms with Gasteiger partial charge in [0, 0.05) is 12.5 Å². The van der Waals surface area contributed by atoms with Gasteiger partial charge in [-0.25, -0.2) is 9.48 Å². The molecule has 1 heterocycles. The minimum atomic E-state index is -0.945. The van der Waals surface area contributed by atoms with E-state index >= 15 is 0 Å². The van der Waals surface area contributed by atoms with Gasteiger partial charge in [-0.1, -0.05) is 5.21 Å². The molecule has 0 aromatic carbocycles. The summed E-state index contributed by atoms with van der Waals surface area (Å²) < 4.78 is 1.82. The third kappa shape index (κ3) is 1.62. The van der Waals surface area contributed by atoms with E-state index in [0.29, 0.717) is 11.8 Å². The van der Waals surface area contributed by atoms with Crippen LogP contribution in [-0.4, -0.2) is 26.1 Å². The summed E-state index contributed by atoms with van der Waals surface area (Å²) in [5, 5.41) is 16.7. The molecule has 0 unspecified atom stereocenters. The summed E-state index contributed by atoms with van der Waals surface area (Å²) in [5.41, 5.74) is 1.02. The van der Waals surface area contributed by atoms with Gasteiger partial charge in [0.05, 0.1) is 5.69 Å².